The number of benzene rings is 3. The van der Waals surface area contributed by atoms with Gasteiger partial charge in [0.05, 0.1) is 0 Å². The Morgan fingerprint density at radius 1 is 0.710 bits per heavy atom. The Morgan fingerprint density at radius 3 is 2.26 bits per heavy atom. The highest BCUT2D eigenvalue weighted by atomic mass is 14.9. The van der Waals surface area contributed by atoms with Crippen LogP contribution in [0.1, 0.15) is 54.7 Å². The fourth-order valence-electron chi connectivity index (χ4n) is 5.34. The lowest BCUT2D eigenvalue weighted by Crippen LogP contribution is -2.31. The average Bonchev–Trinajstić information content (AvgIpc) is 2.80. The van der Waals surface area contributed by atoms with E-state index in [1.165, 1.54) is 82.0 Å². The summed E-state index contributed by atoms with van der Waals surface area (Å²) in [5, 5.41) is 2.70. The van der Waals surface area contributed by atoms with Gasteiger partial charge in [-0.3, -0.25) is 0 Å². The summed E-state index contributed by atoms with van der Waals surface area (Å²) in [5.74, 6) is 0.755. The Kier molecular flexibility index (Phi) is 5.36. The molecular formula is C30H32N+. The van der Waals surface area contributed by atoms with Gasteiger partial charge in [0.2, 0.25) is 5.69 Å². The van der Waals surface area contributed by atoms with Crippen LogP contribution in [0.15, 0.2) is 72.9 Å². The van der Waals surface area contributed by atoms with Crippen LogP contribution >= 0.6 is 0 Å². The molecule has 0 saturated heterocycles. The summed E-state index contributed by atoms with van der Waals surface area (Å²) >= 11 is 0. The monoisotopic (exact) mass is 406 g/mol. The average molecular weight is 407 g/mol. The lowest BCUT2D eigenvalue weighted by Gasteiger charge is -2.22. The maximum atomic E-state index is 2.44. The van der Waals surface area contributed by atoms with Crippen molar-refractivity contribution < 1.29 is 4.57 Å². The first-order chi connectivity index (χ1) is 15.1. The van der Waals surface area contributed by atoms with Crippen molar-refractivity contribution in [1.82, 2.24) is 0 Å². The van der Waals surface area contributed by atoms with Gasteiger partial charge in [0.25, 0.3) is 0 Å². The van der Waals surface area contributed by atoms with E-state index in [-0.39, 0.29) is 0 Å². The summed E-state index contributed by atoms with van der Waals surface area (Å²) in [6, 6.07) is 25.1. The van der Waals surface area contributed by atoms with Gasteiger partial charge in [-0.25, -0.2) is 4.57 Å². The summed E-state index contributed by atoms with van der Waals surface area (Å²) in [5.41, 5.74) is 9.31. The number of aryl methyl sites for hydroxylation is 3. The van der Waals surface area contributed by atoms with E-state index in [1.54, 1.807) is 0 Å². The van der Waals surface area contributed by atoms with E-state index in [0.29, 0.717) is 0 Å². The Labute approximate surface area is 186 Å². The number of fused-ring (bicyclic) bond motifs is 1. The zero-order valence-electron chi connectivity index (χ0n) is 19.0. The van der Waals surface area contributed by atoms with Crippen molar-refractivity contribution in [2.24, 2.45) is 7.05 Å². The van der Waals surface area contributed by atoms with Crippen LogP contribution in [0, 0.1) is 13.8 Å². The van der Waals surface area contributed by atoms with E-state index in [1.807, 2.05) is 0 Å². The van der Waals surface area contributed by atoms with E-state index in [4.69, 9.17) is 0 Å². The Morgan fingerprint density at radius 2 is 1.45 bits per heavy atom. The van der Waals surface area contributed by atoms with Crippen LogP contribution in [0.4, 0.5) is 0 Å². The van der Waals surface area contributed by atoms with Gasteiger partial charge in [0.1, 0.15) is 7.05 Å². The molecule has 0 bridgehead atoms. The van der Waals surface area contributed by atoms with Gasteiger partial charge in [-0.05, 0) is 77.8 Å². The molecule has 0 unspecified atom stereocenters. The van der Waals surface area contributed by atoms with Crippen LogP contribution in [-0.2, 0) is 7.05 Å². The van der Waals surface area contributed by atoms with Crippen molar-refractivity contribution in [1.29, 1.82) is 0 Å². The number of nitrogens with zero attached hydrogens (tertiary/aromatic N) is 1. The Hall–Kier alpha value is -2.93. The molecular weight excluding hydrogens is 374 g/mol. The van der Waals surface area contributed by atoms with Crippen molar-refractivity contribution in [2.75, 3.05) is 0 Å². The van der Waals surface area contributed by atoms with Gasteiger partial charge in [-0.2, -0.15) is 0 Å². The quantitative estimate of drug-likeness (QED) is 0.307. The van der Waals surface area contributed by atoms with Gasteiger partial charge in [-0.15, -0.1) is 0 Å². The third-order valence-electron chi connectivity index (χ3n) is 7.15. The van der Waals surface area contributed by atoms with E-state index in [9.17, 15) is 0 Å². The molecule has 156 valence electrons. The standard InChI is InChI=1S/C30H32N/c1-21-9-7-8-12-28(21)30-19-29(22(2)20-31(30)3)27-16-15-25-17-24(13-14-26(25)18-27)23-10-5-4-6-11-23/h7-9,12-20,23H,4-6,10-11H2,1-3H3/q+1. The molecule has 1 aliphatic carbocycles. The van der Waals surface area contributed by atoms with Crippen LogP contribution < -0.4 is 4.57 Å². The molecule has 1 nitrogen and oxygen atoms in total. The van der Waals surface area contributed by atoms with Crippen molar-refractivity contribution in [3.05, 3.63) is 89.6 Å². The zero-order chi connectivity index (χ0) is 21.4. The van der Waals surface area contributed by atoms with Crippen molar-refractivity contribution in [2.45, 2.75) is 51.9 Å². The second-order valence-electron chi connectivity index (χ2n) is 9.34. The zero-order valence-corrected chi connectivity index (χ0v) is 19.0. The predicted octanol–water partition coefficient (Wildman–Crippen LogP) is 7.66. The van der Waals surface area contributed by atoms with Gasteiger partial charge in [0, 0.05) is 17.2 Å². The maximum Gasteiger partial charge on any atom is 0.213 e. The molecule has 1 heteroatoms. The molecule has 31 heavy (non-hydrogen) atoms. The SMILES string of the molecule is Cc1c[n+](C)c(-c2ccccc2C)cc1-c1ccc2cc(C3CCCCC3)ccc2c1. The Bertz CT molecular complexity index is 1240. The maximum absolute atomic E-state index is 2.44. The fourth-order valence-corrected chi connectivity index (χ4v) is 5.34. The van der Waals surface area contributed by atoms with Crippen LogP contribution in [0.2, 0.25) is 0 Å². The van der Waals surface area contributed by atoms with Crippen LogP contribution in [0.3, 0.4) is 0 Å². The van der Waals surface area contributed by atoms with E-state index < -0.39 is 0 Å². The lowest BCUT2D eigenvalue weighted by molar-refractivity contribution is -0.660. The van der Waals surface area contributed by atoms with Crippen molar-refractivity contribution in [3.63, 3.8) is 0 Å². The molecule has 1 fully saturated rings. The van der Waals surface area contributed by atoms with Crippen molar-refractivity contribution in [3.8, 4) is 22.4 Å². The number of pyridine rings is 1. The molecule has 1 heterocycles. The molecule has 0 radical (unpaired) electrons. The number of hydrogen-bond donors (Lipinski definition) is 0. The number of hydrogen-bond acceptors (Lipinski definition) is 0. The number of aromatic nitrogens is 1. The molecule has 3 aromatic carbocycles. The van der Waals surface area contributed by atoms with E-state index in [0.717, 1.165) is 5.92 Å². The molecule has 0 spiro atoms. The second-order valence-corrected chi connectivity index (χ2v) is 9.34. The molecule has 0 aliphatic heterocycles. The molecule has 1 aliphatic rings. The molecule has 5 rings (SSSR count). The molecule has 1 saturated carbocycles. The summed E-state index contributed by atoms with van der Waals surface area (Å²) in [6.07, 6.45) is 9.14. The Balaban J connectivity index is 1.56. The summed E-state index contributed by atoms with van der Waals surface area (Å²) in [7, 11) is 2.14. The largest absolute Gasteiger partial charge is 0.213 e. The van der Waals surface area contributed by atoms with Gasteiger partial charge >= 0.3 is 0 Å². The van der Waals surface area contributed by atoms with E-state index in [2.05, 4.69) is 98.4 Å². The highest BCUT2D eigenvalue weighted by Crippen LogP contribution is 2.35. The lowest BCUT2D eigenvalue weighted by atomic mass is 9.83. The van der Waals surface area contributed by atoms with Crippen molar-refractivity contribution >= 4 is 10.8 Å². The minimum absolute atomic E-state index is 0.755. The fraction of sp³-hybridized carbons (Fsp3) is 0.300. The summed E-state index contributed by atoms with van der Waals surface area (Å²) in [6.45, 7) is 4.40. The third-order valence-corrected chi connectivity index (χ3v) is 7.15. The minimum atomic E-state index is 0.755. The predicted molar refractivity (Wildman–Crippen MR) is 131 cm³/mol. The first-order valence-electron chi connectivity index (χ1n) is 11.7. The van der Waals surface area contributed by atoms with Crippen LogP contribution in [0.5, 0.6) is 0 Å². The molecule has 0 amide bonds. The second kappa shape index (κ2) is 8.30. The van der Waals surface area contributed by atoms with Crippen LogP contribution in [-0.4, -0.2) is 0 Å². The first kappa shape index (κ1) is 20.0. The first-order valence-corrected chi connectivity index (χ1v) is 11.7. The van der Waals surface area contributed by atoms with Gasteiger partial charge < -0.3 is 0 Å². The molecule has 0 atom stereocenters. The van der Waals surface area contributed by atoms with Crippen LogP contribution in [0.25, 0.3) is 33.2 Å². The normalized spacial score (nSPS) is 14.8. The van der Waals surface area contributed by atoms with E-state index >= 15 is 0 Å². The van der Waals surface area contributed by atoms with Gasteiger partial charge in [-0.1, -0.05) is 67.8 Å². The highest BCUT2D eigenvalue weighted by molar-refractivity contribution is 5.88. The topological polar surface area (TPSA) is 3.88 Å². The highest BCUT2D eigenvalue weighted by Gasteiger charge is 2.18. The van der Waals surface area contributed by atoms with Gasteiger partial charge in [0.15, 0.2) is 6.20 Å². The molecule has 0 N–H and O–H groups in total. The minimum Gasteiger partial charge on any atom is -0.201 e. The molecule has 4 aromatic rings. The summed E-state index contributed by atoms with van der Waals surface area (Å²) < 4.78 is 2.25. The smallest absolute Gasteiger partial charge is 0.201 e. The summed E-state index contributed by atoms with van der Waals surface area (Å²) in [4.78, 5) is 0. The molecule has 1 aromatic heterocycles. The third kappa shape index (κ3) is 3.90. The number of rotatable bonds is 3.